The number of ether oxygens (including phenoxy) is 1. The Bertz CT molecular complexity index is 674. The third-order valence-electron chi connectivity index (χ3n) is 5.18. The van der Waals surface area contributed by atoms with E-state index in [0.717, 1.165) is 25.7 Å². The Labute approximate surface area is 205 Å². The fraction of sp³-hybridized carbons (Fsp3) is 0.560. The molecule has 0 aromatic heterocycles. The van der Waals surface area contributed by atoms with Crippen molar-refractivity contribution in [1.82, 2.24) is 9.80 Å². The maximum absolute atomic E-state index is 8.81. The number of hydrogen-bond donors (Lipinski definition) is 5. The van der Waals surface area contributed by atoms with E-state index in [4.69, 9.17) is 26.7 Å². The highest BCUT2D eigenvalue weighted by Crippen LogP contribution is 2.31. The zero-order valence-corrected chi connectivity index (χ0v) is 21.3. The van der Waals surface area contributed by atoms with Crippen molar-refractivity contribution in [3.05, 3.63) is 60.8 Å². The van der Waals surface area contributed by atoms with Gasteiger partial charge in [0.2, 0.25) is 0 Å². The summed E-state index contributed by atoms with van der Waals surface area (Å²) in [5.74, 6) is 0.519. The summed E-state index contributed by atoms with van der Waals surface area (Å²) >= 11 is 4.20. The molecule has 0 spiro atoms. The predicted molar refractivity (Wildman–Crippen MR) is 143 cm³/mol. The molecule has 5 rings (SSSR count). The first-order valence-electron chi connectivity index (χ1n) is 11.4. The summed E-state index contributed by atoms with van der Waals surface area (Å²) in [5.41, 5.74) is 10.9. The lowest BCUT2D eigenvalue weighted by atomic mass is 10.2. The predicted octanol–water partition coefficient (Wildman–Crippen LogP) is 2.47. The number of thiol groups is 1. The number of guanidine groups is 1. The Morgan fingerprint density at radius 2 is 1.42 bits per heavy atom. The Morgan fingerprint density at radius 1 is 0.879 bits per heavy atom. The van der Waals surface area contributed by atoms with Gasteiger partial charge in [-0.25, -0.2) is 0 Å². The molecule has 186 valence electrons. The smallest absolute Gasteiger partial charge is 0.192 e. The minimum atomic E-state index is -0.319. The van der Waals surface area contributed by atoms with Gasteiger partial charge in [0, 0.05) is 45.5 Å². The molecule has 7 nitrogen and oxygen atoms in total. The van der Waals surface area contributed by atoms with Crippen LogP contribution in [0.2, 0.25) is 0 Å². The van der Waals surface area contributed by atoms with E-state index in [1.807, 2.05) is 46.4 Å². The summed E-state index contributed by atoms with van der Waals surface area (Å²) in [4.78, 5) is 3.50. The molecule has 0 bridgehead atoms. The molecule has 6 N–H and O–H groups in total. The summed E-state index contributed by atoms with van der Waals surface area (Å²) in [6.07, 6.45) is 25.3. The molecule has 0 radical (unpaired) electrons. The van der Waals surface area contributed by atoms with Crippen molar-refractivity contribution in [2.75, 3.05) is 28.2 Å². The van der Waals surface area contributed by atoms with Gasteiger partial charge >= 0.3 is 0 Å². The Kier molecular flexibility index (Phi) is 14.1. The average molecular weight is 478 g/mol. The second kappa shape index (κ2) is 15.9. The molecular formula is C25H43N5O2S. The quantitative estimate of drug-likeness (QED) is 0.120. The standard InChI is InChI=1S/C5H13N3.C5H9NO.C5H9NS.C5H6O.C5H6/c1-7(2)5(6)8(3)4;2*6-4-2-1-3-5(4)7;1-2-4-5(3-1)6-4;1-2-4-5-3-1/h6H,1-4H3;2*1-2,4-5,7H,3,6H2;1-2,4-5H,3H2;1-4H,5H2. The van der Waals surface area contributed by atoms with E-state index in [-0.39, 0.29) is 18.2 Å². The molecule has 0 aromatic carbocycles. The number of aliphatic hydroxyl groups is 1. The lowest BCUT2D eigenvalue weighted by molar-refractivity contribution is 0.172. The number of nitrogens with zero attached hydrogens (tertiary/aromatic N) is 2. The second-order valence-electron chi connectivity index (χ2n) is 8.62. The molecule has 6 atom stereocenters. The molecule has 1 heterocycles. The third kappa shape index (κ3) is 12.8. The van der Waals surface area contributed by atoms with Gasteiger partial charge in [-0.05, 0) is 25.7 Å². The molecule has 5 aliphatic rings. The van der Waals surface area contributed by atoms with Crippen molar-refractivity contribution in [3.63, 3.8) is 0 Å². The molecule has 0 aromatic rings. The van der Waals surface area contributed by atoms with E-state index in [9.17, 15) is 0 Å². The number of hydrogen-bond acceptors (Lipinski definition) is 6. The van der Waals surface area contributed by atoms with E-state index in [1.54, 1.807) is 9.80 Å². The highest BCUT2D eigenvalue weighted by Gasteiger charge is 2.38. The van der Waals surface area contributed by atoms with Crippen LogP contribution in [-0.4, -0.2) is 84.7 Å². The topological polar surface area (TPSA) is 115 Å². The fourth-order valence-electron chi connectivity index (χ4n) is 2.98. The first-order valence-corrected chi connectivity index (χ1v) is 11.9. The van der Waals surface area contributed by atoms with Gasteiger partial charge < -0.3 is 31.1 Å². The van der Waals surface area contributed by atoms with Crippen molar-refractivity contribution in [2.24, 2.45) is 11.5 Å². The monoisotopic (exact) mass is 477 g/mol. The molecule has 8 heteroatoms. The van der Waals surface area contributed by atoms with E-state index in [0.29, 0.717) is 23.4 Å². The van der Waals surface area contributed by atoms with E-state index in [2.05, 4.69) is 55.2 Å². The maximum Gasteiger partial charge on any atom is 0.192 e. The summed E-state index contributed by atoms with van der Waals surface area (Å²) < 4.78 is 5.07. The van der Waals surface area contributed by atoms with Gasteiger partial charge in [0.1, 0.15) is 6.10 Å². The van der Waals surface area contributed by atoms with Crippen LogP contribution >= 0.6 is 12.6 Å². The Morgan fingerprint density at radius 3 is 1.55 bits per heavy atom. The SMILES string of the molecule is C1=CC2OC2C1.C1=CCC=C1.CN(C)C(=N)N(C)C.NC1C=CCC1O.NC1C=CCC1S. The number of allylic oxidation sites excluding steroid dienone is 5. The lowest BCUT2D eigenvalue weighted by Gasteiger charge is -2.19. The van der Waals surface area contributed by atoms with Crippen molar-refractivity contribution in [1.29, 1.82) is 5.41 Å². The zero-order chi connectivity index (χ0) is 24.8. The first-order chi connectivity index (χ1) is 15.6. The first kappa shape index (κ1) is 29.2. The van der Waals surface area contributed by atoms with E-state index < -0.39 is 0 Å². The lowest BCUT2D eigenvalue weighted by Crippen LogP contribution is -2.34. The molecule has 6 unspecified atom stereocenters. The summed E-state index contributed by atoms with van der Waals surface area (Å²) in [6, 6.07) is 0.0864. The molecule has 0 amide bonds. The highest BCUT2D eigenvalue weighted by molar-refractivity contribution is 7.81. The van der Waals surface area contributed by atoms with Gasteiger partial charge in [-0.1, -0.05) is 60.8 Å². The van der Waals surface area contributed by atoms with Crippen LogP contribution in [0.1, 0.15) is 25.7 Å². The van der Waals surface area contributed by atoms with Gasteiger partial charge in [-0.3, -0.25) is 5.41 Å². The number of fused-ring (bicyclic) bond motifs is 1. The summed E-state index contributed by atoms with van der Waals surface area (Å²) in [6.45, 7) is 0. The number of epoxide rings is 1. The average Bonchev–Trinajstić information content (AvgIpc) is 3.35. The second-order valence-corrected chi connectivity index (χ2v) is 9.29. The van der Waals surface area contributed by atoms with Crippen LogP contribution in [0.4, 0.5) is 0 Å². The van der Waals surface area contributed by atoms with E-state index >= 15 is 0 Å². The molecule has 0 saturated carbocycles. The summed E-state index contributed by atoms with van der Waals surface area (Å²) in [5, 5.41) is 16.4. The number of nitrogens with one attached hydrogen (secondary N) is 1. The molecule has 1 aliphatic heterocycles. The number of nitrogens with two attached hydrogens (primary N) is 2. The van der Waals surface area contributed by atoms with Gasteiger partial charge in [-0.2, -0.15) is 12.6 Å². The van der Waals surface area contributed by atoms with Crippen LogP contribution in [0.5, 0.6) is 0 Å². The van der Waals surface area contributed by atoms with Crippen LogP contribution in [0.15, 0.2) is 60.8 Å². The van der Waals surface area contributed by atoms with Crippen LogP contribution < -0.4 is 11.5 Å². The van der Waals surface area contributed by atoms with Crippen molar-refractivity contribution >= 4 is 18.6 Å². The minimum Gasteiger partial charge on any atom is -0.391 e. The molecule has 1 saturated heterocycles. The van der Waals surface area contributed by atoms with E-state index in [1.165, 1.54) is 0 Å². The van der Waals surface area contributed by atoms with Gasteiger partial charge in [0.15, 0.2) is 5.96 Å². The van der Waals surface area contributed by atoms with Crippen molar-refractivity contribution in [2.45, 2.75) is 61.3 Å². The largest absolute Gasteiger partial charge is 0.391 e. The van der Waals surface area contributed by atoms with Gasteiger partial charge in [0.25, 0.3) is 0 Å². The van der Waals surface area contributed by atoms with Crippen LogP contribution in [0, 0.1) is 5.41 Å². The van der Waals surface area contributed by atoms with Crippen molar-refractivity contribution in [3.8, 4) is 0 Å². The highest BCUT2D eigenvalue weighted by atomic mass is 32.1. The normalized spacial score (nSPS) is 30.5. The summed E-state index contributed by atoms with van der Waals surface area (Å²) in [7, 11) is 7.40. The van der Waals surface area contributed by atoms with Crippen molar-refractivity contribution < 1.29 is 9.84 Å². The number of rotatable bonds is 0. The molecule has 1 fully saturated rings. The molecule has 4 aliphatic carbocycles. The molecular weight excluding hydrogens is 434 g/mol. The van der Waals surface area contributed by atoms with Gasteiger partial charge in [0.05, 0.1) is 12.2 Å². The van der Waals surface area contributed by atoms with Crippen LogP contribution in [0.25, 0.3) is 0 Å². The Hall–Kier alpha value is -1.84. The maximum atomic E-state index is 8.81. The van der Waals surface area contributed by atoms with Crippen LogP contribution in [-0.2, 0) is 4.74 Å². The minimum absolute atomic E-state index is 0.111. The zero-order valence-electron chi connectivity index (χ0n) is 20.4. The third-order valence-corrected chi connectivity index (χ3v) is 5.73. The van der Waals surface area contributed by atoms with Gasteiger partial charge in [-0.15, -0.1) is 0 Å². The fourth-order valence-corrected chi connectivity index (χ4v) is 3.20. The Balaban J connectivity index is 0.000000207. The number of aliphatic hydroxyl groups excluding tert-OH is 1. The molecule has 33 heavy (non-hydrogen) atoms. The van der Waals surface area contributed by atoms with Crippen LogP contribution in [0.3, 0.4) is 0 Å².